The van der Waals surface area contributed by atoms with Gasteiger partial charge in [0.15, 0.2) is 0 Å². The van der Waals surface area contributed by atoms with Crippen LogP contribution in [0.3, 0.4) is 0 Å². The van der Waals surface area contributed by atoms with Gasteiger partial charge in [0, 0.05) is 0 Å². The van der Waals surface area contributed by atoms with Crippen molar-refractivity contribution in [1.29, 1.82) is 0 Å². The predicted molar refractivity (Wildman–Crippen MR) is 74.9 cm³/mol. The molecule has 1 nitrogen and oxygen atoms in total. The van der Waals surface area contributed by atoms with Gasteiger partial charge in [0.05, 0.1) is 6.10 Å². The molecule has 0 amide bonds. The van der Waals surface area contributed by atoms with Gasteiger partial charge in [-0.1, -0.05) is 39.0 Å². The Hall–Kier alpha value is -0.560. The number of allylic oxidation sites excluding steroid dienone is 2. The van der Waals surface area contributed by atoms with Crippen molar-refractivity contribution in [3.8, 4) is 0 Å². The first kappa shape index (κ1) is 14.5. The Labute approximate surface area is 107 Å². The van der Waals surface area contributed by atoms with Gasteiger partial charge in [-0.05, 0) is 55.9 Å². The molecule has 0 aliphatic heterocycles. The number of hydrogen-bond acceptors (Lipinski definition) is 1. The molecule has 0 aromatic rings. The van der Waals surface area contributed by atoms with Gasteiger partial charge in [-0.15, -0.1) is 0 Å². The second kappa shape index (κ2) is 4.97. The smallest absolute Gasteiger partial charge is 0.0724 e. The highest BCUT2D eigenvalue weighted by atomic mass is 16.3. The minimum atomic E-state index is -0.413. The zero-order valence-corrected chi connectivity index (χ0v) is 12.1. The van der Waals surface area contributed by atoms with E-state index in [0.29, 0.717) is 0 Å². The van der Waals surface area contributed by atoms with Gasteiger partial charge in [-0.25, -0.2) is 0 Å². The quantitative estimate of drug-likeness (QED) is 0.714. The minimum Gasteiger partial charge on any atom is -0.389 e. The standard InChI is InChI=1S/C16H28O/c1-7-16(6,13(3)14(4)17)15(5)10-8-12(2)9-11-15/h8,14,17H,3,7,9-11H2,1-2,4-6H3/t14-,15-,16+/m1/s1. The fourth-order valence-corrected chi connectivity index (χ4v) is 3.08. The molecule has 0 fully saturated rings. The van der Waals surface area contributed by atoms with Crippen molar-refractivity contribution in [2.45, 2.75) is 66.4 Å². The second-order valence-corrected chi connectivity index (χ2v) is 6.20. The van der Waals surface area contributed by atoms with E-state index in [1.165, 1.54) is 18.4 Å². The molecule has 0 saturated heterocycles. The highest BCUT2D eigenvalue weighted by Crippen LogP contribution is 2.54. The topological polar surface area (TPSA) is 20.2 Å². The highest BCUT2D eigenvalue weighted by molar-refractivity contribution is 5.21. The molecule has 1 heteroatoms. The molecule has 1 rings (SSSR count). The number of rotatable bonds is 4. The van der Waals surface area contributed by atoms with Crippen LogP contribution in [0.25, 0.3) is 0 Å². The van der Waals surface area contributed by atoms with E-state index < -0.39 is 6.10 Å². The lowest BCUT2D eigenvalue weighted by Crippen LogP contribution is -2.42. The van der Waals surface area contributed by atoms with Crippen LogP contribution < -0.4 is 0 Å². The summed E-state index contributed by atoms with van der Waals surface area (Å²) in [5.41, 5.74) is 2.76. The summed E-state index contributed by atoms with van der Waals surface area (Å²) >= 11 is 0. The van der Waals surface area contributed by atoms with Crippen molar-refractivity contribution in [3.05, 3.63) is 23.8 Å². The third kappa shape index (κ3) is 2.49. The van der Waals surface area contributed by atoms with Crippen molar-refractivity contribution >= 4 is 0 Å². The Morgan fingerprint density at radius 3 is 2.59 bits per heavy atom. The summed E-state index contributed by atoms with van der Waals surface area (Å²) in [6.45, 7) is 15.1. The molecule has 1 aliphatic rings. The molecule has 0 saturated carbocycles. The molecule has 1 N–H and O–H groups in total. The number of hydrogen-bond donors (Lipinski definition) is 1. The molecule has 1 aliphatic carbocycles. The highest BCUT2D eigenvalue weighted by Gasteiger charge is 2.45. The van der Waals surface area contributed by atoms with E-state index >= 15 is 0 Å². The van der Waals surface area contributed by atoms with Crippen LogP contribution in [-0.2, 0) is 0 Å². The van der Waals surface area contributed by atoms with Crippen LogP contribution in [0.4, 0.5) is 0 Å². The molecular formula is C16H28O. The Morgan fingerprint density at radius 1 is 1.65 bits per heavy atom. The van der Waals surface area contributed by atoms with Gasteiger partial charge in [0.1, 0.15) is 0 Å². The maximum Gasteiger partial charge on any atom is 0.0724 e. The normalized spacial score (nSPS) is 30.4. The van der Waals surface area contributed by atoms with Crippen LogP contribution in [0, 0.1) is 10.8 Å². The van der Waals surface area contributed by atoms with Crippen molar-refractivity contribution in [1.82, 2.24) is 0 Å². The maximum atomic E-state index is 9.87. The third-order valence-electron chi connectivity index (χ3n) is 5.22. The van der Waals surface area contributed by atoms with Crippen LogP contribution in [0.1, 0.15) is 60.3 Å². The maximum absolute atomic E-state index is 9.87. The van der Waals surface area contributed by atoms with Crippen molar-refractivity contribution in [2.24, 2.45) is 10.8 Å². The van der Waals surface area contributed by atoms with Crippen LogP contribution in [-0.4, -0.2) is 11.2 Å². The fourth-order valence-electron chi connectivity index (χ4n) is 3.08. The van der Waals surface area contributed by atoms with Gasteiger partial charge < -0.3 is 5.11 Å². The summed E-state index contributed by atoms with van der Waals surface area (Å²) < 4.78 is 0. The summed E-state index contributed by atoms with van der Waals surface area (Å²) in [5.74, 6) is 0. The number of aliphatic hydroxyl groups excluding tert-OH is 1. The molecule has 0 aromatic heterocycles. The zero-order valence-electron chi connectivity index (χ0n) is 12.1. The van der Waals surface area contributed by atoms with E-state index in [9.17, 15) is 5.11 Å². The monoisotopic (exact) mass is 236 g/mol. The summed E-state index contributed by atoms with van der Waals surface area (Å²) in [5, 5.41) is 9.87. The van der Waals surface area contributed by atoms with Crippen molar-refractivity contribution in [2.75, 3.05) is 0 Å². The van der Waals surface area contributed by atoms with Crippen LogP contribution in [0.2, 0.25) is 0 Å². The van der Waals surface area contributed by atoms with E-state index in [4.69, 9.17) is 0 Å². The van der Waals surface area contributed by atoms with E-state index in [2.05, 4.69) is 40.3 Å². The van der Waals surface area contributed by atoms with Gasteiger partial charge in [-0.2, -0.15) is 0 Å². The number of aliphatic hydroxyl groups is 1. The second-order valence-electron chi connectivity index (χ2n) is 6.20. The fraction of sp³-hybridized carbons (Fsp3) is 0.750. The Kier molecular flexibility index (Phi) is 4.24. The summed E-state index contributed by atoms with van der Waals surface area (Å²) in [6.07, 6.45) is 6.48. The minimum absolute atomic E-state index is 0.0262. The van der Waals surface area contributed by atoms with Gasteiger partial charge >= 0.3 is 0 Å². The first-order valence-corrected chi connectivity index (χ1v) is 6.80. The Morgan fingerprint density at radius 2 is 2.24 bits per heavy atom. The molecule has 17 heavy (non-hydrogen) atoms. The zero-order chi connectivity index (χ0) is 13.3. The van der Waals surface area contributed by atoms with Gasteiger partial charge in [-0.3, -0.25) is 0 Å². The van der Waals surface area contributed by atoms with Crippen LogP contribution >= 0.6 is 0 Å². The molecule has 98 valence electrons. The van der Waals surface area contributed by atoms with E-state index in [1.54, 1.807) is 0 Å². The average Bonchev–Trinajstić information content (AvgIpc) is 2.30. The van der Waals surface area contributed by atoms with Gasteiger partial charge in [0.25, 0.3) is 0 Å². The molecule has 0 bridgehead atoms. The first-order chi connectivity index (χ1) is 7.77. The lowest BCUT2D eigenvalue weighted by atomic mass is 9.55. The predicted octanol–water partition coefficient (Wildman–Crippen LogP) is 4.48. The largest absolute Gasteiger partial charge is 0.389 e. The summed E-state index contributed by atoms with van der Waals surface area (Å²) in [6, 6.07) is 0. The molecule has 3 atom stereocenters. The third-order valence-corrected chi connectivity index (χ3v) is 5.22. The molecule has 0 aromatic carbocycles. The SMILES string of the molecule is C=C([C@@H](C)O)[C@](C)(CC)[C@]1(C)CC=C(C)CC1. The van der Waals surface area contributed by atoms with E-state index in [1.807, 2.05) is 6.92 Å². The summed E-state index contributed by atoms with van der Waals surface area (Å²) in [4.78, 5) is 0. The molecule has 0 spiro atoms. The van der Waals surface area contributed by atoms with E-state index in [-0.39, 0.29) is 10.8 Å². The average molecular weight is 236 g/mol. The van der Waals surface area contributed by atoms with Crippen LogP contribution in [0.15, 0.2) is 23.8 Å². The molecule has 0 radical (unpaired) electrons. The van der Waals surface area contributed by atoms with E-state index in [0.717, 1.165) is 18.4 Å². The van der Waals surface area contributed by atoms with Crippen LogP contribution in [0.5, 0.6) is 0 Å². The first-order valence-electron chi connectivity index (χ1n) is 6.80. The molecular weight excluding hydrogens is 208 g/mol. The van der Waals surface area contributed by atoms with Gasteiger partial charge in [0.2, 0.25) is 0 Å². The lowest BCUT2D eigenvalue weighted by molar-refractivity contribution is 0.0611. The summed E-state index contributed by atoms with van der Waals surface area (Å²) in [7, 11) is 0. The Bertz CT molecular complexity index is 326. The molecule has 0 unspecified atom stereocenters. The Balaban J connectivity index is 3.05. The van der Waals surface area contributed by atoms with Crippen molar-refractivity contribution < 1.29 is 5.11 Å². The van der Waals surface area contributed by atoms with Crippen molar-refractivity contribution in [3.63, 3.8) is 0 Å². The lowest BCUT2D eigenvalue weighted by Gasteiger charge is -2.50. The molecule has 0 heterocycles.